The molecular formula is C11H14Cl3N. The summed E-state index contributed by atoms with van der Waals surface area (Å²) in [4.78, 5) is 2.14. The lowest BCUT2D eigenvalue weighted by Gasteiger charge is -2.10. The lowest BCUT2D eigenvalue weighted by molar-refractivity contribution is 0.400. The van der Waals surface area contributed by atoms with E-state index in [1.165, 1.54) is 0 Å². The van der Waals surface area contributed by atoms with Crippen molar-refractivity contribution >= 4 is 34.8 Å². The third-order valence-electron chi connectivity index (χ3n) is 2.12. The lowest BCUT2D eigenvalue weighted by atomic mass is 10.1. The molecule has 0 aromatic heterocycles. The Morgan fingerprint density at radius 1 is 1.13 bits per heavy atom. The molecule has 0 spiro atoms. The molecule has 84 valence electrons. The SMILES string of the molecule is CN(C)CCCc1cc(Cl)cc(Cl)c1Cl. The fourth-order valence-corrected chi connectivity index (χ4v) is 2.12. The average molecular weight is 267 g/mol. The van der Waals surface area contributed by atoms with Crippen molar-refractivity contribution < 1.29 is 0 Å². The molecule has 0 radical (unpaired) electrons. The Morgan fingerprint density at radius 3 is 2.40 bits per heavy atom. The molecule has 0 saturated carbocycles. The first-order valence-electron chi connectivity index (χ1n) is 4.79. The molecule has 0 atom stereocenters. The highest BCUT2D eigenvalue weighted by Gasteiger charge is 2.06. The predicted molar refractivity (Wildman–Crippen MR) is 68.3 cm³/mol. The van der Waals surface area contributed by atoms with E-state index in [-0.39, 0.29) is 0 Å². The molecule has 1 rings (SSSR count). The van der Waals surface area contributed by atoms with Gasteiger partial charge in [-0.25, -0.2) is 0 Å². The standard InChI is InChI=1S/C11H14Cl3N/c1-15(2)5-3-4-8-6-9(12)7-10(13)11(8)14/h6-7H,3-5H2,1-2H3. The predicted octanol–water partition coefficient (Wildman–Crippen LogP) is 4.14. The maximum atomic E-state index is 6.08. The van der Waals surface area contributed by atoms with Gasteiger partial charge in [0.1, 0.15) is 0 Å². The Kier molecular flexibility index (Phi) is 5.20. The van der Waals surface area contributed by atoms with Crippen molar-refractivity contribution in [1.29, 1.82) is 0 Å². The molecule has 15 heavy (non-hydrogen) atoms. The normalized spacial score (nSPS) is 11.1. The van der Waals surface area contributed by atoms with E-state index >= 15 is 0 Å². The number of rotatable bonds is 4. The molecule has 0 aliphatic heterocycles. The second kappa shape index (κ2) is 5.95. The Morgan fingerprint density at radius 2 is 1.80 bits per heavy atom. The van der Waals surface area contributed by atoms with Crippen LogP contribution in [0.25, 0.3) is 0 Å². The fourth-order valence-electron chi connectivity index (χ4n) is 1.38. The molecule has 1 aromatic carbocycles. The highest BCUT2D eigenvalue weighted by molar-refractivity contribution is 6.43. The van der Waals surface area contributed by atoms with Crippen LogP contribution in [0.5, 0.6) is 0 Å². The Labute approximate surface area is 106 Å². The molecule has 4 heteroatoms. The van der Waals surface area contributed by atoms with Crippen LogP contribution in [0.15, 0.2) is 12.1 Å². The maximum absolute atomic E-state index is 6.08. The van der Waals surface area contributed by atoms with Crippen molar-refractivity contribution in [2.75, 3.05) is 20.6 Å². The van der Waals surface area contributed by atoms with E-state index in [4.69, 9.17) is 34.8 Å². The highest BCUT2D eigenvalue weighted by atomic mass is 35.5. The topological polar surface area (TPSA) is 3.24 Å². The third-order valence-corrected chi connectivity index (χ3v) is 3.18. The maximum Gasteiger partial charge on any atom is 0.0625 e. The molecule has 0 heterocycles. The Bertz CT molecular complexity index is 337. The molecule has 0 saturated heterocycles. The molecule has 1 aromatic rings. The number of hydrogen-bond acceptors (Lipinski definition) is 1. The smallest absolute Gasteiger partial charge is 0.0625 e. The largest absolute Gasteiger partial charge is 0.309 e. The van der Waals surface area contributed by atoms with Gasteiger partial charge in [-0.15, -0.1) is 0 Å². The van der Waals surface area contributed by atoms with E-state index < -0.39 is 0 Å². The summed E-state index contributed by atoms with van der Waals surface area (Å²) in [5.74, 6) is 0. The molecule has 0 fully saturated rings. The minimum Gasteiger partial charge on any atom is -0.309 e. The summed E-state index contributed by atoms with van der Waals surface area (Å²) in [6.07, 6.45) is 1.95. The van der Waals surface area contributed by atoms with Gasteiger partial charge >= 0.3 is 0 Å². The Hall–Kier alpha value is 0.0500. The summed E-state index contributed by atoms with van der Waals surface area (Å²) in [6, 6.07) is 3.55. The van der Waals surface area contributed by atoms with E-state index in [2.05, 4.69) is 4.90 Å². The lowest BCUT2D eigenvalue weighted by Crippen LogP contribution is -2.13. The van der Waals surface area contributed by atoms with E-state index in [1.54, 1.807) is 6.07 Å². The van der Waals surface area contributed by atoms with Crippen molar-refractivity contribution in [2.24, 2.45) is 0 Å². The zero-order valence-corrected chi connectivity index (χ0v) is 11.1. The molecular weight excluding hydrogens is 252 g/mol. The van der Waals surface area contributed by atoms with Gasteiger partial charge in [0.05, 0.1) is 10.0 Å². The minimum atomic E-state index is 0.531. The second-order valence-corrected chi connectivity index (χ2v) is 4.99. The Balaban J connectivity index is 2.68. The van der Waals surface area contributed by atoms with Crippen molar-refractivity contribution in [2.45, 2.75) is 12.8 Å². The fraction of sp³-hybridized carbons (Fsp3) is 0.455. The van der Waals surface area contributed by atoms with Crippen molar-refractivity contribution in [3.8, 4) is 0 Å². The summed E-state index contributed by atoms with van der Waals surface area (Å²) in [6.45, 7) is 1.03. The minimum absolute atomic E-state index is 0.531. The van der Waals surface area contributed by atoms with Crippen molar-refractivity contribution in [3.63, 3.8) is 0 Å². The quantitative estimate of drug-likeness (QED) is 0.740. The van der Waals surface area contributed by atoms with Crippen molar-refractivity contribution in [1.82, 2.24) is 4.90 Å². The van der Waals surface area contributed by atoms with Gasteiger partial charge in [-0.2, -0.15) is 0 Å². The van der Waals surface area contributed by atoms with Gasteiger partial charge in [-0.1, -0.05) is 34.8 Å². The molecule has 0 bridgehead atoms. The van der Waals surface area contributed by atoms with Crippen LogP contribution in [0.3, 0.4) is 0 Å². The van der Waals surface area contributed by atoms with Gasteiger partial charge < -0.3 is 4.90 Å². The van der Waals surface area contributed by atoms with Crippen LogP contribution in [0.4, 0.5) is 0 Å². The van der Waals surface area contributed by atoms with E-state index in [0.29, 0.717) is 15.1 Å². The number of aryl methyl sites for hydroxylation is 1. The van der Waals surface area contributed by atoms with Gasteiger partial charge in [0.2, 0.25) is 0 Å². The summed E-state index contributed by atoms with van der Waals surface area (Å²) >= 11 is 17.9. The zero-order valence-electron chi connectivity index (χ0n) is 8.86. The van der Waals surface area contributed by atoms with Crippen LogP contribution >= 0.6 is 34.8 Å². The number of benzene rings is 1. The first-order valence-corrected chi connectivity index (χ1v) is 5.92. The highest BCUT2D eigenvalue weighted by Crippen LogP contribution is 2.30. The molecule has 0 unspecified atom stereocenters. The first kappa shape index (κ1) is 13.1. The molecule has 1 nitrogen and oxygen atoms in total. The van der Waals surface area contributed by atoms with Crippen LogP contribution in [0, 0.1) is 0 Å². The van der Waals surface area contributed by atoms with Gasteiger partial charge in [0.25, 0.3) is 0 Å². The summed E-state index contributed by atoms with van der Waals surface area (Å²) < 4.78 is 0. The van der Waals surface area contributed by atoms with Gasteiger partial charge in [0, 0.05) is 5.02 Å². The average Bonchev–Trinajstić information content (AvgIpc) is 2.12. The van der Waals surface area contributed by atoms with Crippen LogP contribution in [0.2, 0.25) is 15.1 Å². The molecule has 0 aliphatic rings. The van der Waals surface area contributed by atoms with Gasteiger partial charge in [-0.05, 0) is 51.2 Å². The number of halogens is 3. The van der Waals surface area contributed by atoms with E-state index in [9.17, 15) is 0 Å². The van der Waals surface area contributed by atoms with Crippen LogP contribution < -0.4 is 0 Å². The first-order chi connectivity index (χ1) is 7.00. The van der Waals surface area contributed by atoms with E-state index in [0.717, 1.165) is 24.9 Å². The second-order valence-electron chi connectivity index (χ2n) is 3.77. The zero-order chi connectivity index (χ0) is 11.4. The van der Waals surface area contributed by atoms with E-state index in [1.807, 2.05) is 20.2 Å². The summed E-state index contributed by atoms with van der Waals surface area (Å²) in [5.41, 5.74) is 1.02. The van der Waals surface area contributed by atoms with Crippen LogP contribution in [0.1, 0.15) is 12.0 Å². The van der Waals surface area contributed by atoms with Crippen molar-refractivity contribution in [3.05, 3.63) is 32.8 Å². The van der Waals surface area contributed by atoms with Crippen LogP contribution in [-0.2, 0) is 6.42 Å². The summed E-state index contributed by atoms with van der Waals surface area (Å²) in [7, 11) is 4.10. The molecule has 0 N–H and O–H groups in total. The van der Waals surface area contributed by atoms with Crippen LogP contribution in [-0.4, -0.2) is 25.5 Å². The molecule has 0 amide bonds. The monoisotopic (exact) mass is 265 g/mol. The third kappa shape index (κ3) is 4.20. The van der Waals surface area contributed by atoms with Gasteiger partial charge in [0.15, 0.2) is 0 Å². The number of hydrogen-bond donors (Lipinski definition) is 0. The summed E-state index contributed by atoms with van der Waals surface area (Å²) in [5, 5.41) is 1.80. The number of nitrogens with zero attached hydrogens (tertiary/aromatic N) is 1. The van der Waals surface area contributed by atoms with Gasteiger partial charge in [-0.3, -0.25) is 0 Å². The molecule has 0 aliphatic carbocycles.